The number of allylic oxidation sites excluding steroid dienone is 3. The molecule has 0 spiro atoms. The van der Waals surface area contributed by atoms with Crippen molar-refractivity contribution in [3.05, 3.63) is 123 Å². The number of aryl methyl sites for hydroxylation is 2. The maximum atomic E-state index is 14.6. The molecule has 2 aliphatic rings. The summed E-state index contributed by atoms with van der Waals surface area (Å²) in [5.41, 5.74) is 3.69. The van der Waals surface area contributed by atoms with Crippen LogP contribution < -0.4 is 10.9 Å². The highest BCUT2D eigenvalue weighted by Gasteiger charge is 2.52. The normalized spacial score (nSPS) is 22.6. The first-order chi connectivity index (χ1) is 21.9. The minimum absolute atomic E-state index is 0.0635. The first-order valence-corrected chi connectivity index (χ1v) is 15.9. The highest BCUT2D eigenvalue weighted by molar-refractivity contribution is 5.96. The van der Waals surface area contributed by atoms with Crippen molar-refractivity contribution in [3.63, 3.8) is 0 Å². The van der Waals surface area contributed by atoms with Crippen LogP contribution in [-0.2, 0) is 22.6 Å². The quantitative estimate of drug-likeness (QED) is 0.299. The first-order valence-electron chi connectivity index (χ1n) is 15.9. The molecular weight excluding hydrogens is 583 g/mol. The lowest BCUT2D eigenvalue weighted by Crippen LogP contribution is -2.53. The van der Waals surface area contributed by atoms with Crippen molar-refractivity contribution in [2.24, 2.45) is 11.3 Å². The molecule has 242 valence electrons. The molecule has 0 saturated carbocycles. The maximum absolute atomic E-state index is 14.6. The summed E-state index contributed by atoms with van der Waals surface area (Å²) in [6, 6.07) is 16.4. The smallest absolute Gasteiger partial charge is 0.267 e. The zero-order valence-electron chi connectivity index (χ0n) is 27.2. The molecule has 1 fully saturated rings. The van der Waals surface area contributed by atoms with Gasteiger partial charge in [0.15, 0.2) is 0 Å². The Morgan fingerprint density at radius 2 is 1.89 bits per heavy atom. The van der Waals surface area contributed by atoms with E-state index in [0.717, 1.165) is 22.4 Å². The van der Waals surface area contributed by atoms with Gasteiger partial charge < -0.3 is 15.0 Å². The number of halogens is 1. The number of benzene rings is 2. The number of ether oxygens (including phenoxy) is 1. The van der Waals surface area contributed by atoms with Crippen molar-refractivity contribution >= 4 is 11.8 Å². The predicted octanol–water partition coefficient (Wildman–Crippen LogP) is 5.74. The van der Waals surface area contributed by atoms with Crippen molar-refractivity contribution in [1.29, 1.82) is 0 Å². The van der Waals surface area contributed by atoms with E-state index in [1.54, 1.807) is 24.3 Å². The van der Waals surface area contributed by atoms with Gasteiger partial charge in [0, 0.05) is 29.0 Å². The van der Waals surface area contributed by atoms with Crippen LogP contribution in [0.3, 0.4) is 0 Å². The lowest BCUT2D eigenvalue weighted by Gasteiger charge is -2.42. The highest BCUT2D eigenvalue weighted by atomic mass is 19.1. The number of amides is 2. The summed E-state index contributed by atoms with van der Waals surface area (Å²) in [4.78, 5) is 41.4. The van der Waals surface area contributed by atoms with Gasteiger partial charge in [-0.3, -0.25) is 14.4 Å². The van der Waals surface area contributed by atoms with Crippen LogP contribution in [0.4, 0.5) is 4.39 Å². The Labute approximate surface area is 269 Å². The van der Waals surface area contributed by atoms with Crippen molar-refractivity contribution in [1.82, 2.24) is 20.4 Å². The molecule has 2 heterocycles. The fourth-order valence-electron chi connectivity index (χ4n) is 6.84. The fourth-order valence-corrected chi connectivity index (χ4v) is 6.84. The summed E-state index contributed by atoms with van der Waals surface area (Å²) in [5, 5.41) is 9.26. The number of likely N-dealkylation sites (tertiary alicyclic amines) is 1. The third-order valence-electron chi connectivity index (χ3n) is 9.23. The molecule has 1 aliphatic heterocycles. The molecule has 1 aliphatic carbocycles. The first kappa shape index (κ1) is 33.0. The lowest BCUT2D eigenvalue weighted by atomic mass is 9.75. The van der Waals surface area contributed by atoms with Crippen LogP contribution in [0.2, 0.25) is 0 Å². The van der Waals surface area contributed by atoms with Crippen LogP contribution in [0.1, 0.15) is 71.9 Å². The Morgan fingerprint density at radius 3 is 2.59 bits per heavy atom. The summed E-state index contributed by atoms with van der Waals surface area (Å²) < 4.78 is 21.1. The average molecular weight is 627 g/mol. The van der Waals surface area contributed by atoms with E-state index in [1.807, 2.05) is 68.1 Å². The topological polar surface area (TPSA) is 104 Å². The van der Waals surface area contributed by atoms with Gasteiger partial charge in [0.1, 0.15) is 5.83 Å². The Hall–Kier alpha value is -4.37. The van der Waals surface area contributed by atoms with Gasteiger partial charge in [0.05, 0.1) is 31.0 Å². The van der Waals surface area contributed by atoms with E-state index in [0.29, 0.717) is 37.0 Å². The number of aromatic nitrogens is 2. The minimum Gasteiger partial charge on any atom is -0.371 e. The third-order valence-corrected chi connectivity index (χ3v) is 9.23. The largest absolute Gasteiger partial charge is 0.371 e. The highest BCUT2D eigenvalue weighted by Crippen LogP contribution is 2.45. The molecule has 1 aromatic heterocycles. The summed E-state index contributed by atoms with van der Waals surface area (Å²) >= 11 is 0. The van der Waals surface area contributed by atoms with Gasteiger partial charge in [0.2, 0.25) is 5.91 Å². The maximum Gasteiger partial charge on any atom is 0.267 e. The number of nitrogens with one attached hydrogen (secondary N) is 2. The molecule has 2 amide bonds. The number of hydrogen-bond donors (Lipinski definition) is 2. The van der Waals surface area contributed by atoms with E-state index in [1.165, 1.54) is 6.08 Å². The molecule has 8 nitrogen and oxygen atoms in total. The van der Waals surface area contributed by atoms with Crippen LogP contribution in [0.25, 0.3) is 0 Å². The third kappa shape index (κ3) is 7.36. The number of aromatic amines is 1. The molecule has 2 aromatic carbocycles. The van der Waals surface area contributed by atoms with Crippen molar-refractivity contribution in [2.45, 2.75) is 78.7 Å². The Kier molecular flexibility index (Phi) is 10.0. The fraction of sp³-hybridized carbons (Fsp3) is 0.405. The Balaban J connectivity index is 1.32. The zero-order chi connectivity index (χ0) is 33.0. The summed E-state index contributed by atoms with van der Waals surface area (Å²) in [7, 11) is 0. The second kappa shape index (κ2) is 14.0. The molecule has 1 saturated heterocycles. The van der Waals surface area contributed by atoms with E-state index in [-0.39, 0.29) is 53.9 Å². The second-order valence-corrected chi connectivity index (χ2v) is 13.1. The number of nitrogens with zero attached hydrogens (tertiary/aromatic N) is 2. The average Bonchev–Trinajstić information content (AvgIpc) is 3.43. The number of H-pyrrole nitrogens is 1. The standard InChI is InChI=1S/C37H43FN4O4/c1-23(2)34-31(46-22-26-10-7-6-8-11-26)19-32(37(5)15-9-12-30(38)20-37)42(34)33(43)21-39-35(44)28-14-13-27(24(3)16-28)18-29-17-25(4)40-41-36(29)45/h6-14,16-17,20,23,31-32,34H,15,18-19,21-22H2,1-5H3,(H,39,44)(H,41,45)/t31-,32-,34-,37?/m0/s1. The van der Waals surface area contributed by atoms with Crippen LogP contribution in [0.15, 0.2) is 83.4 Å². The number of carbonyl (C=O) groups excluding carboxylic acids is 2. The zero-order valence-corrected chi connectivity index (χ0v) is 27.2. The molecule has 3 aromatic rings. The van der Waals surface area contributed by atoms with Crippen LogP contribution >= 0.6 is 0 Å². The number of carbonyl (C=O) groups is 2. The van der Waals surface area contributed by atoms with Crippen LogP contribution in [0.5, 0.6) is 0 Å². The Morgan fingerprint density at radius 1 is 1.13 bits per heavy atom. The predicted molar refractivity (Wildman–Crippen MR) is 176 cm³/mol. The van der Waals surface area contributed by atoms with E-state index >= 15 is 0 Å². The molecule has 46 heavy (non-hydrogen) atoms. The summed E-state index contributed by atoms with van der Waals surface area (Å²) in [5.74, 6) is -0.847. The molecule has 0 bridgehead atoms. The van der Waals surface area contributed by atoms with E-state index in [2.05, 4.69) is 29.4 Å². The van der Waals surface area contributed by atoms with Gasteiger partial charge in [-0.2, -0.15) is 5.10 Å². The van der Waals surface area contributed by atoms with Gasteiger partial charge in [-0.05, 0) is 79.6 Å². The number of hydrogen-bond acceptors (Lipinski definition) is 5. The van der Waals surface area contributed by atoms with Crippen molar-refractivity contribution < 1.29 is 18.7 Å². The molecule has 1 unspecified atom stereocenters. The van der Waals surface area contributed by atoms with Gasteiger partial charge in [-0.25, -0.2) is 9.49 Å². The second-order valence-electron chi connectivity index (χ2n) is 13.1. The molecule has 4 atom stereocenters. The van der Waals surface area contributed by atoms with Gasteiger partial charge in [0.25, 0.3) is 11.5 Å². The van der Waals surface area contributed by atoms with Crippen molar-refractivity contribution in [3.8, 4) is 0 Å². The minimum atomic E-state index is -0.626. The van der Waals surface area contributed by atoms with E-state index in [9.17, 15) is 18.8 Å². The lowest BCUT2D eigenvalue weighted by molar-refractivity contribution is -0.137. The molecule has 5 rings (SSSR count). The molecule has 0 radical (unpaired) electrons. The molecule has 9 heteroatoms. The van der Waals surface area contributed by atoms with Crippen LogP contribution in [-0.4, -0.2) is 51.6 Å². The molecular formula is C37H43FN4O4. The summed E-state index contributed by atoms with van der Waals surface area (Å²) in [6.45, 7) is 10.0. The SMILES string of the molecule is Cc1cc(Cc2ccc(C(=O)NCC(=O)N3[C@H](C4(C)C=C(F)C=CC4)C[C@H](OCc4ccccc4)[C@@H]3C(C)C)cc2C)c(=O)[nH]n1. The number of rotatable bonds is 10. The van der Waals surface area contributed by atoms with Gasteiger partial charge in [-0.15, -0.1) is 0 Å². The van der Waals surface area contributed by atoms with Gasteiger partial charge >= 0.3 is 0 Å². The van der Waals surface area contributed by atoms with Crippen molar-refractivity contribution in [2.75, 3.05) is 6.54 Å². The van der Waals surface area contributed by atoms with Crippen LogP contribution in [0, 0.1) is 25.2 Å². The summed E-state index contributed by atoms with van der Waals surface area (Å²) in [6.07, 6.45) is 6.22. The monoisotopic (exact) mass is 626 g/mol. The molecule has 2 N–H and O–H groups in total. The van der Waals surface area contributed by atoms with E-state index < -0.39 is 5.41 Å². The Bertz CT molecular complexity index is 1700. The van der Waals surface area contributed by atoms with Gasteiger partial charge in [-0.1, -0.05) is 63.2 Å². The van der Waals surface area contributed by atoms with E-state index in [4.69, 9.17) is 4.74 Å².